The van der Waals surface area contributed by atoms with Gasteiger partial charge >= 0.3 is 18.3 Å². The molecule has 1 saturated carbocycles. The molecule has 27 heavy (non-hydrogen) atoms. The lowest BCUT2D eigenvalue weighted by Crippen LogP contribution is -2.69. The fraction of sp³-hybridized carbons (Fsp3) is 0.588. The average molecular weight is 397 g/mol. The van der Waals surface area contributed by atoms with Crippen LogP contribution in [-0.4, -0.2) is 32.0 Å². The van der Waals surface area contributed by atoms with Gasteiger partial charge in [0.25, 0.3) is 0 Å². The molecule has 1 heterocycles. The number of methoxy groups -OCH3 is 1. The lowest BCUT2D eigenvalue weighted by molar-refractivity contribution is -0.233. The van der Waals surface area contributed by atoms with Gasteiger partial charge in [-0.3, -0.25) is 5.32 Å². The van der Waals surface area contributed by atoms with Gasteiger partial charge in [-0.25, -0.2) is 4.79 Å². The van der Waals surface area contributed by atoms with Crippen molar-refractivity contribution >= 4 is 5.97 Å². The first-order chi connectivity index (χ1) is 12.4. The van der Waals surface area contributed by atoms with Gasteiger partial charge in [0.15, 0.2) is 6.23 Å². The number of hydrogen-bond acceptors (Lipinski definition) is 4. The molecule has 4 nitrogen and oxygen atoms in total. The van der Waals surface area contributed by atoms with Crippen molar-refractivity contribution in [3.8, 4) is 5.75 Å². The van der Waals surface area contributed by atoms with E-state index in [0.29, 0.717) is 31.4 Å². The Morgan fingerprint density at radius 1 is 1.22 bits per heavy atom. The standard InChI is InChI=1S/C17H17F6NO3/c1-26-12-5-11(16(18,19)20)3-2-10(12)4-9-6-15(7-9)8-24-13(15)27-14(25)17(21,22)23/h2-3,5,9,13,24H,4,6-8H2,1H3. The predicted octanol–water partition coefficient (Wildman–Crippen LogP) is 3.69. The Balaban J connectivity index is 1.60. The summed E-state index contributed by atoms with van der Waals surface area (Å²) in [6, 6.07) is 3.26. The van der Waals surface area contributed by atoms with E-state index in [-0.39, 0.29) is 11.7 Å². The molecular weight excluding hydrogens is 380 g/mol. The van der Waals surface area contributed by atoms with Crippen molar-refractivity contribution in [2.45, 2.75) is 37.8 Å². The number of hydrogen-bond donors (Lipinski definition) is 1. The molecule has 1 unspecified atom stereocenters. The predicted molar refractivity (Wildman–Crippen MR) is 80.8 cm³/mol. The van der Waals surface area contributed by atoms with Crippen LogP contribution in [0.25, 0.3) is 0 Å². The highest BCUT2D eigenvalue weighted by Crippen LogP contribution is 2.54. The summed E-state index contributed by atoms with van der Waals surface area (Å²) in [4.78, 5) is 11.0. The molecule has 0 aromatic heterocycles. The summed E-state index contributed by atoms with van der Waals surface area (Å²) in [5, 5.41) is 2.68. The van der Waals surface area contributed by atoms with Gasteiger partial charge in [-0.15, -0.1) is 0 Å². The van der Waals surface area contributed by atoms with E-state index in [1.165, 1.54) is 13.2 Å². The van der Waals surface area contributed by atoms with E-state index in [0.717, 1.165) is 12.1 Å². The summed E-state index contributed by atoms with van der Waals surface area (Å²) in [6.07, 6.45) is -9.05. The Bertz CT molecular complexity index is 724. The minimum absolute atomic E-state index is 0.0600. The van der Waals surface area contributed by atoms with Gasteiger partial charge in [-0.05, 0) is 42.9 Å². The first-order valence-corrected chi connectivity index (χ1v) is 8.20. The van der Waals surface area contributed by atoms with Gasteiger partial charge in [0.05, 0.1) is 12.7 Å². The maximum Gasteiger partial charge on any atom is 0.490 e. The zero-order chi connectivity index (χ0) is 20.0. The number of ether oxygens (including phenoxy) is 2. The van der Waals surface area contributed by atoms with Gasteiger partial charge in [-0.1, -0.05) is 6.07 Å². The van der Waals surface area contributed by atoms with Crippen LogP contribution in [0.3, 0.4) is 0 Å². The first-order valence-electron chi connectivity index (χ1n) is 8.20. The number of carbonyl (C=O) groups excluding carboxylic acids is 1. The van der Waals surface area contributed by atoms with Crippen molar-refractivity contribution < 1.29 is 40.6 Å². The highest BCUT2D eigenvalue weighted by atomic mass is 19.4. The summed E-state index contributed by atoms with van der Waals surface area (Å²) in [5.41, 5.74) is -0.748. The van der Waals surface area contributed by atoms with E-state index < -0.39 is 35.5 Å². The van der Waals surface area contributed by atoms with Crippen molar-refractivity contribution in [1.29, 1.82) is 0 Å². The fourth-order valence-corrected chi connectivity index (χ4v) is 3.81. The number of alkyl halides is 6. The van der Waals surface area contributed by atoms with E-state index in [1.54, 1.807) is 0 Å². The Hall–Kier alpha value is -1.97. The Labute approximate surface area is 150 Å². The van der Waals surface area contributed by atoms with Crippen molar-refractivity contribution in [2.24, 2.45) is 11.3 Å². The van der Waals surface area contributed by atoms with E-state index in [2.05, 4.69) is 10.1 Å². The van der Waals surface area contributed by atoms with Gasteiger partial charge in [0.2, 0.25) is 0 Å². The Morgan fingerprint density at radius 3 is 2.37 bits per heavy atom. The fourth-order valence-electron chi connectivity index (χ4n) is 3.81. The monoisotopic (exact) mass is 397 g/mol. The number of rotatable bonds is 4. The van der Waals surface area contributed by atoms with Crippen LogP contribution in [0.4, 0.5) is 26.3 Å². The number of esters is 1. The van der Waals surface area contributed by atoms with Crippen molar-refractivity contribution in [3.05, 3.63) is 29.3 Å². The molecule has 1 aromatic carbocycles. The van der Waals surface area contributed by atoms with Gasteiger partial charge < -0.3 is 9.47 Å². The van der Waals surface area contributed by atoms with Crippen LogP contribution >= 0.6 is 0 Å². The smallest absolute Gasteiger partial charge is 0.490 e. The molecule has 0 radical (unpaired) electrons. The maximum atomic E-state index is 12.8. The quantitative estimate of drug-likeness (QED) is 0.622. The average Bonchev–Trinajstić information content (AvgIpc) is 2.52. The summed E-state index contributed by atoms with van der Waals surface area (Å²) in [5.74, 6) is -2.05. The Morgan fingerprint density at radius 2 is 1.89 bits per heavy atom. The second-order valence-corrected chi connectivity index (χ2v) is 7.03. The molecular formula is C17H17F6NO3. The number of nitrogens with one attached hydrogen (secondary N) is 1. The molecule has 2 aliphatic rings. The highest BCUT2D eigenvalue weighted by molar-refractivity contribution is 5.75. The summed E-state index contributed by atoms with van der Waals surface area (Å²) < 4.78 is 84.8. The molecule has 150 valence electrons. The molecule has 3 rings (SSSR count). The molecule has 1 aromatic rings. The van der Waals surface area contributed by atoms with E-state index in [1.807, 2.05) is 0 Å². The minimum Gasteiger partial charge on any atom is -0.496 e. The minimum atomic E-state index is -5.05. The molecule has 0 bridgehead atoms. The highest BCUT2D eigenvalue weighted by Gasteiger charge is 2.58. The molecule has 0 amide bonds. The summed E-state index contributed by atoms with van der Waals surface area (Å²) in [7, 11) is 1.28. The SMILES string of the molecule is COc1cc(C(F)(F)F)ccc1CC1CC2(CNC2OC(=O)C(F)(F)F)C1. The zero-order valence-electron chi connectivity index (χ0n) is 14.2. The Kier molecular flexibility index (Phi) is 4.82. The molecule has 10 heteroatoms. The van der Waals surface area contributed by atoms with E-state index in [4.69, 9.17) is 4.74 Å². The van der Waals surface area contributed by atoms with Crippen molar-refractivity contribution in [1.82, 2.24) is 5.32 Å². The summed E-state index contributed by atoms with van der Waals surface area (Å²) >= 11 is 0. The third-order valence-corrected chi connectivity index (χ3v) is 5.17. The third kappa shape index (κ3) is 3.85. The van der Waals surface area contributed by atoms with Crippen LogP contribution in [0.5, 0.6) is 5.75 Å². The topological polar surface area (TPSA) is 47.6 Å². The van der Waals surface area contributed by atoms with E-state index in [9.17, 15) is 31.1 Å². The van der Waals surface area contributed by atoms with Crippen molar-refractivity contribution in [2.75, 3.05) is 13.7 Å². The molecule has 1 aliphatic carbocycles. The zero-order valence-corrected chi connectivity index (χ0v) is 14.2. The van der Waals surface area contributed by atoms with Crippen molar-refractivity contribution in [3.63, 3.8) is 0 Å². The van der Waals surface area contributed by atoms with Crippen LogP contribution in [0, 0.1) is 11.3 Å². The van der Waals surface area contributed by atoms with Crippen LogP contribution in [0.15, 0.2) is 18.2 Å². The second kappa shape index (κ2) is 6.57. The first kappa shape index (κ1) is 19.8. The van der Waals surface area contributed by atoms with Crippen LogP contribution in [0.2, 0.25) is 0 Å². The van der Waals surface area contributed by atoms with Gasteiger partial charge in [0, 0.05) is 12.0 Å². The lowest BCUT2D eigenvalue weighted by atomic mass is 9.56. The molecule has 1 saturated heterocycles. The normalized spacial score (nSPS) is 27.7. The molecule has 1 N–H and O–H groups in total. The second-order valence-electron chi connectivity index (χ2n) is 7.03. The van der Waals surface area contributed by atoms with Crippen LogP contribution in [0.1, 0.15) is 24.0 Å². The third-order valence-electron chi connectivity index (χ3n) is 5.17. The summed E-state index contributed by atoms with van der Waals surface area (Å²) in [6.45, 7) is 0.434. The van der Waals surface area contributed by atoms with Crippen LogP contribution in [-0.2, 0) is 22.1 Å². The van der Waals surface area contributed by atoms with Gasteiger partial charge in [-0.2, -0.15) is 26.3 Å². The molecule has 1 spiro atoms. The van der Waals surface area contributed by atoms with E-state index >= 15 is 0 Å². The molecule has 1 atom stereocenters. The van der Waals surface area contributed by atoms with Gasteiger partial charge in [0.1, 0.15) is 5.75 Å². The molecule has 1 aliphatic heterocycles. The number of benzene rings is 1. The maximum absolute atomic E-state index is 12.8. The molecule has 2 fully saturated rings. The van der Waals surface area contributed by atoms with Crippen LogP contribution < -0.4 is 10.1 Å². The number of carbonyl (C=O) groups is 1. The largest absolute Gasteiger partial charge is 0.496 e. The lowest BCUT2D eigenvalue weighted by Gasteiger charge is -2.58. The number of halogens is 6.